The third kappa shape index (κ3) is 3.27. The Morgan fingerprint density at radius 2 is 1.70 bits per heavy atom. The molecule has 0 saturated heterocycles. The summed E-state index contributed by atoms with van der Waals surface area (Å²) in [4.78, 5) is 12.5. The van der Waals surface area contributed by atoms with Gasteiger partial charge >= 0.3 is 0 Å². The highest BCUT2D eigenvalue weighted by Crippen LogP contribution is 2.18. The normalized spacial score (nSPS) is 10.3. The van der Waals surface area contributed by atoms with Crippen LogP contribution in [0.15, 0.2) is 48.5 Å². The fraction of sp³-hybridized carbons (Fsp3) is 0.278. The Morgan fingerprint density at radius 1 is 1.00 bits per heavy atom. The molecule has 0 bridgehead atoms. The van der Waals surface area contributed by atoms with Crippen LogP contribution in [0.5, 0.6) is 5.75 Å². The summed E-state index contributed by atoms with van der Waals surface area (Å²) in [7, 11) is 0. The molecule has 0 heterocycles. The van der Waals surface area contributed by atoms with Gasteiger partial charge in [-0.15, -0.1) is 0 Å². The predicted molar refractivity (Wildman–Crippen MR) is 81.5 cm³/mol. The van der Waals surface area contributed by atoms with Crippen LogP contribution in [0.4, 0.5) is 0 Å². The summed E-state index contributed by atoms with van der Waals surface area (Å²) >= 11 is 0. The first kappa shape index (κ1) is 14.3. The Balaban J connectivity index is 2.20. The van der Waals surface area contributed by atoms with Gasteiger partial charge in [-0.3, -0.25) is 4.79 Å². The van der Waals surface area contributed by atoms with Crippen LogP contribution in [0.25, 0.3) is 0 Å². The number of aryl methyl sites for hydroxylation is 1. The average Bonchev–Trinajstić information content (AvgIpc) is 2.52. The highest BCUT2D eigenvalue weighted by atomic mass is 16.5. The minimum atomic E-state index is 0.0736. The van der Waals surface area contributed by atoms with Crippen LogP contribution in [0.3, 0.4) is 0 Å². The second kappa shape index (κ2) is 6.90. The van der Waals surface area contributed by atoms with Gasteiger partial charge in [-0.2, -0.15) is 0 Å². The topological polar surface area (TPSA) is 26.3 Å². The minimum absolute atomic E-state index is 0.0736. The van der Waals surface area contributed by atoms with Crippen molar-refractivity contribution in [1.29, 1.82) is 0 Å². The molecule has 20 heavy (non-hydrogen) atoms. The van der Waals surface area contributed by atoms with Crippen molar-refractivity contribution in [2.45, 2.75) is 26.7 Å². The molecule has 2 aromatic rings. The van der Waals surface area contributed by atoms with E-state index in [0.29, 0.717) is 12.2 Å². The zero-order valence-electron chi connectivity index (χ0n) is 12.1. The molecule has 0 fully saturated rings. The number of rotatable bonds is 6. The Morgan fingerprint density at radius 3 is 2.35 bits per heavy atom. The lowest BCUT2D eigenvalue weighted by Gasteiger charge is -2.08. The molecule has 0 spiro atoms. The van der Waals surface area contributed by atoms with Crippen molar-refractivity contribution < 1.29 is 9.53 Å². The molecule has 0 unspecified atom stereocenters. The summed E-state index contributed by atoms with van der Waals surface area (Å²) in [6.07, 6.45) is 1.84. The molecule has 2 nitrogen and oxygen atoms in total. The predicted octanol–water partition coefficient (Wildman–Crippen LogP) is 4.27. The Bertz CT molecular complexity index is 570. The molecule has 0 radical (unpaired) electrons. The largest absolute Gasteiger partial charge is 0.494 e. The van der Waals surface area contributed by atoms with Crippen LogP contribution < -0.4 is 4.74 Å². The van der Waals surface area contributed by atoms with Crippen LogP contribution in [0, 0.1) is 0 Å². The van der Waals surface area contributed by atoms with E-state index in [0.717, 1.165) is 29.7 Å². The van der Waals surface area contributed by atoms with Gasteiger partial charge in [0.2, 0.25) is 0 Å². The Labute approximate surface area is 120 Å². The van der Waals surface area contributed by atoms with Crippen LogP contribution in [0.1, 0.15) is 41.8 Å². The fourth-order valence-corrected chi connectivity index (χ4v) is 2.13. The SMILES string of the molecule is CCCOc1ccc(C(=O)c2ccccc2CC)cc1. The lowest BCUT2D eigenvalue weighted by Crippen LogP contribution is -2.05. The molecule has 104 valence electrons. The summed E-state index contributed by atoms with van der Waals surface area (Å²) < 4.78 is 5.53. The second-order valence-corrected chi connectivity index (χ2v) is 4.71. The first-order chi connectivity index (χ1) is 9.76. The van der Waals surface area contributed by atoms with Crippen molar-refractivity contribution in [1.82, 2.24) is 0 Å². The number of benzene rings is 2. The quantitative estimate of drug-likeness (QED) is 0.731. The van der Waals surface area contributed by atoms with Crippen LogP contribution >= 0.6 is 0 Å². The summed E-state index contributed by atoms with van der Waals surface area (Å²) in [6.45, 7) is 4.83. The summed E-state index contributed by atoms with van der Waals surface area (Å²) in [6, 6.07) is 15.2. The number of hydrogen-bond acceptors (Lipinski definition) is 2. The van der Waals surface area contributed by atoms with E-state index in [2.05, 4.69) is 13.8 Å². The fourth-order valence-electron chi connectivity index (χ4n) is 2.13. The molecule has 2 heteroatoms. The third-order valence-corrected chi connectivity index (χ3v) is 3.23. The van der Waals surface area contributed by atoms with Gasteiger partial charge in [-0.05, 0) is 42.7 Å². The highest BCUT2D eigenvalue weighted by Gasteiger charge is 2.12. The van der Waals surface area contributed by atoms with Gasteiger partial charge in [0, 0.05) is 11.1 Å². The number of carbonyl (C=O) groups is 1. The van der Waals surface area contributed by atoms with E-state index in [1.54, 1.807) is 0 Å². The summed E-state index contributed by atoms with van der Waals surface area (Å²) in [5.74, 6) is 0.886. The van der Waals surface area contributed by atoms with Crippen LogP contribution in [-0.2, 0) is 6.42 Å². The molecule has 0 N–H and O–H groups in total. The second-order valence-electron chi connectivity index (χ2n) is 4.71. The van der Waals surface area contributed by atoms with Crippen molar-refractivity contribution in [2.75, 3.05) is 6.61 Å². The van der Waals surface area contributed by atoms with E-state index < -0.39 is 0 Å². The standard InChI is InChI=1S/C18H20O2/c1-3-13-20-16-11-9-15(10-12-16)18(19)17-8-6-5-7-14(17)4-2/h5-12H,3-4,13H2,1-2H3. The third-order valence-electron chi connectivity index (χ3n) is 3.23. The molecule has 0 aromatic heterocycles. The average molecular weight is 268 g/mol. The molecule has 0 aliphatic rings. The number of carbonyl (C=O) groups excluding carboxylic acids is 1. The Hall–Kier alpha value is -2.09. The van der Waals surface area contributed by atoms with Crippen molar-refractivity contribution in [3.63, 3.8) is 0 Å². The molecule has 2 rings (SSSR count). The van der Waals surface area contributed by atoms with Crippen molar-refractivity contribution >= 4 is 5.78 Å². The summed E-state index contributed by atoms with van der Waals surface area (Å²) in [5.41, 5.74) is 2.58. The smallest absolute Gasteiger partial charge is 0.193 e. The zero-order valence-corrected chi connectivity index (χ0v) is 12.1. The maximum absolute atomic E-state index is 12.5. The van der Waals surface area contributed by atoms with E-state index in [4.69, 9.17) is 4.74 Å². The molecule has 0 atom stereocenters. The highest BCUT2D eigenvalue weighted by molar-refractivity contribution is 6.09. The zero-order chi connectivity index (χ0) is 14.4. The first-order valence-electron chi connectivity index (χ1n) is 7.11. The number of ketones is 1. The van der Waals surface area contributed by atoms with Crippen LogP contribution in [0.2, 0.25) is 0 Å². The summed E-state index contributed by atoms with van der Waals surface area (Å²) in [5, 5.41) is 0. The van der Waals surface area contributed by atoms with Gasteiger partial charge in [-0.25, -0.2) is 0 Å². The Kier molecular flexibility index (Phi) is 4.94. The van der Waals surface area contributed by atoms with E-state index in [1.165, 1.54) is 0 Å². The molecular weight excluding hydrogens is 248 g/mol. The maximum atomic E-state index is 12.5. The van der Waals surface area contributed by atoms with Gasteiger partial charge in [0.25, 0.3) is 0 Å². The monoisotopic (exact) mass is 268 g/mol. The van der Waals surface area contributed by atoms with Gasteiger partial charge in [0.15, 0.2) is 5.78 Å². The lowest BCUT2D eigenvalue weighted by atomic mass is 9.97. The maximum Gasteiger partial charge on any atom is 0.193 e. The van der Waals surface area contributed by atoms with E-state index in [1.807, 2.05) is 48.5 Å². The van der Waals surface area contributed by atoms with Crippen molar-refractivity contribution in [3.05, 3.63) is 65.2 Å². The van der Waals surface area contributed by atoms with Gasteiger partial charge in [0.1, 0.15) is 5.75 Å². The first-order valence-corrected chi connectivity index (χ1v) is 7.11. The van der Waals surface area contributed by atoms with Crippen molar-refractivity contribution in [3.8, 4) is 5.75 Å². The van der Waals surface area contributed by atoms with Crippen LogP contribution in [-0.4, -0.2) is 12.4 Å². The number of hydrogen-bond donors (Lipinski definition) is 0. The number of ether oxygens (including phenoxy) is 1. The minimum Gasteiger partial charge on any atom is -0.494 e. The van der Waals surface area contributed by atoms with Crippen molar-refractivity contribution in [2.24, 2.45) is 0 Å². The van der Waals surface area contributed by atoms with E-state index in [-0.39, 0.29) is 5.78 Å². The van der Waals surface area contributed by atoms with E-state index in [9.17, 15) is 4.79 Å². The molecule has 2 aromatic carbocycles. The molecule has 0 amide bonds. The van der Waals surface area contributed by atoms with Gasteiger partial charge < -0.3 is 4.74 Å². The molecule has 0 aliphatic heterocycles. The molecule has 0 saturated carbocycles. The van der Waals surface area contributed by atoms with E-state index >= 15 is 0 Å². The molecule has 0 aliphatic carbocycles. The molecular formula is C18H20O2. The van der Waals surface area contributed by atoms with Gasteiger partial charge in [0.05, 0.1) is 6.61 Å². The van der Waals surface area contributed by atoms with Gasteiger partial charge in [-0.1, -0.05) is 38.1 Å². The lowest BCUT2D eigenvalue weighted by molar-refractivity contribution is 0.103.